The molecule has 2 aromatic heterocycles. The average Bonchev–Trinajstić information content (AvgIpc) is 3.18. The summed E-state index contributed by atoms with van der Waals surface area (Å²) in [6, 6.07) is 10.4. The second-order valence-electron chi connectivity index (χ2n) is 6.71. The van der Waals surface area contributed by atoms with Crippen LogP contribution in [0, 0.1) is 0 Å². The minimum absolute atomic E-state index is 0.0401. The first kappa shape index (κ1) is 17.1. The number of benzene rings is 1. The van der Waals surface area contributed by atoms with Crippen molar-refractivity contribution in [3.8, 4) is 16.9 Å². The number of rotatable bonds is 5. The van der Waals surface area contributed by atoms with E-state index in [2.05, 4.69) is 65.4 Å². The highest BCUT2D eigenvalue weighted by Gasteiger charge is 2.23. The Kier molecular flexibility index (Phi) is 4.91. The number of nitrogens with zero attached hydrogens (tertiary/aromatic N) is 2. The Morgan fingerprint density at radius 2 is 2.27 bits per heavy atom. The standard InChI is InChI=1S/C21H25N3O2/c1-3-24-9-6-16(14-24)17-11-19-18(5-4-7-23-19)20(12-17)26-15(2)21-13-22-8-10-25-21/h4-7,9,11-12,14-15,21-22H,3,8,10,13H2,1-2H3/t15-,21+/m1/s1. The summed E-state index contributed by atoms with van der Waals surface area (Å²) < 4.78 is 14.4. The highest BCUT2D eigenvalue weighted by Crippen LogP contribution is 2.33. The quantitative estimate of drug-likeness (QED) is 0.765. The van der Waals surface area contributed by atoms with Crippen LogP contribution < -0.4 is 10.1 Å². The van der Waals surface area contributed by atoms with Crippen LogP contribution in [0.5, 0.6) is 5.75 Å². The number of fused-ring (bicyclic) bond motifs is 1. The van der Waals surface area contributed by atoms with Gasteiger partial charge in [0, 0.05) is 43.6 Å². The zero-order chi connectivity index (χ0) is 17.9. The van der Waals surface area contributed by atoms with Crippen LogP contribution in [-0.2, 0) is 11.3 Å². The first-order valence-corrected chi connectivity index (χ1v) is 9.28. The Morgan fingerprint density at radius 3 is 3.04 bits per heavy atom. The van der Waals surface area contributed by atoms with Crippen LogP contribution in [0.1, 0.15) is 13.8 Å². The largest absolute Gasteiger partial charge is 0.487 e. The normalized spacial score (nSPS) is 18.8. The Bertz CT molecular complexity index is 884. The third-order valence-corrected chi connectivity index (χ3v) is 4.92. The van der Waals surface area contributed by atoms with Gasteiger partial charge >= 0.3 is 0 Å². The van der Waals surface area contributed by atoms with E-state index in [1.54, 1.807) is 0 Å². The minimum Gasteiger partial charge on any atom is -0.487 e. The molecule has 1 aromatic carbocycles. The first-order valence-electron chi connectivity index (χ1n) is 9.28. The SMILES string of the molecule is CCn1ccc(-c2cc(O[C@H](C)[C@@H]3CNCCO3)c3cccnc3c2)c1. The summed E-state index contributed by atoms with van der Waals surface area (Å²) in [4.78, 5) is 4.54. The van der Waals surface area contributed by atoms with Crippen LogP contribution in [0.15, 0.2) is 48.9 Å². The summed E-state index contributed by atoms with van der Waals surface area (Å²) in [5.74, 6) is 0.858. The molecule has 1 fully saturated rings. The van der Waals surface area contributed by atoms with Crippen LogP contribution in [0.4, 0.5) is 0 Å². The van der Waals surface area contributed by atoms with Gasteiger partial charge in [-0.1, -0.05) is 0 Å². The van der Waals surface area contributed by atoms with Crippen LogP contribution in [0.3, 0.4) is 0 Å². The van der Waals surface area contributed by atoms with E-state index < -0.39 is 0 Å². The third kappa shape index (κ3) is 3.45. The van der Waals surface area contributed by atoms with E-state index in [-0.39, 0.29) is 12.2 Å². The minimum atomic E-state index is -0.0401. The molecule has 5 heteroatoms. The van der Waals surface area contributed by atoms with E-state index in [9.17, 15) is 0 Å². The summed E-state index contributed by atoms with van der Waals surface area (Å²) in [5.41, 5.74) is 3.24. The molecule has 3 aromatic rings. The highest BCUT2D eigenvalue weighted by molar-refractivity contribution is 5.90. The van der Waals surface area contributed by atoms with Gasteiger partial charge in [0.05, 0.1) is 12.1 Å². The molecule has 0 unspecified atom stereocenters. The van der Waals surface area contributed by atoms with Gasteiger partial charge in [0.2, 0.25) is 0 Å². The molecule has 5 nitrogen and oxygen atoms in total. The van der Waals surface area contributed by atoms with Gasteiger partial charge in [-0.05, 0) is 55.3 Å². The predicted molar refractivity (Wildman–Crippen MR) is 104 cm³/mol. The lowest BCUT2D eigenvalue weighted by Gasteiger charge is -2.29. The van der Waals surface area contributed by atoms with Crippen molar-refractivity contribution >= 4 is 10.9 Å². The lowest BCUT2D eigenvalue weighted by Crippen LogP contribution is -2.46. The molecule has 1 saturated heterocycles. The van der Waals surface area contributed by atoms with E-state index in [1.807, 2.05) is 12.3 Å². The molecule has 1 N–H and O–H groups in total. The molecule has 0 aliphatic carbocycles. The number of hydrogen-bond acceptors (Lipinski definition) is 4. The Hall–Kier alpha value is -2.37. The number of hydrogen-bond donors (Lipinski definition) is 1. The van der Waals surface area contributed by atoms with Crippen molar-refractivity contribution in [1.82, 2.24) is 14.9 Å². The van der Waals surface area contributed by atoms with Gasteiger partial charge < -0.3 is 19.4 Å². The van der Waals surface area contributed by atoms with Gasteiger partial charge in [0.1, 0.15) is 18.0 Å². The molecule has 3 heterocycles. The smallest absolute Gasteiger partial charge is 0.129 e. The van der Waals surface area contributed by atoms with E-state index in [0.29, 0.717) is 0 Å². The fraction of sp³-hybridized carbons (Fsp3) is 0.381. The van der Waals surface area contributed by atoms with Crippen LogP contribution in [-0.4, -0.2) is 41.5 Å². The number of nitrogens with one attached hydrogen (secondary N) is 1. The van der Waals surface area contributed by atoms with E-state index >= 15 is 0 Å². The summed E-state index contributed by atoms with van der Waals surface area (Å²) in [5, 5.41) is 4.39. The zero-order valence-electron chi connectivity index (χ0n) is 15.3. The maximum absolute atomic E-state index is 6.35. The molecule has 26 heavy (non-hydrogen) atoms. The summed E-state index contributed by atoms with van der Waals surface area (Å²) in [7, 11) is 0. The molecule has 1 aliphatic rings. The van der Waals surface area contributed by atoms with Crippen molar-refractivity contribution in [3.63, 3.8) is 0 Å². The number of morpholine rings is 1. The summed E-state index contributed by atoms with van der Waals surface area (Å²) >= 11 is 0. The molecule has 1 aliphatic heterocycles. The third-order valence-electron chi connectivity index (χ3n) is 4.92. The van der Waals surface area contributed by atoms with Crippen LogP contribution in [0.2, 0.25) is 0 Å². The number of aromatic nitrogens is 2. The van der Waals surface area contributed by atoms with Gasteiger partial charge in [0.15, 0.2) is 0 Å². The van der Waals surface area contributed by atoms with Gasteiger partial charge in [-0.15, -0.1) is 0 Å². The molecule has 136 valence electrons. The van der Waals surface area contributed by atoms with Gasteiger partial charge in [-0.2, -0.15) is 0 Å². The molecular formula is C21H25N3O2. The van der Waals surface area contributed by atoms with E-state index in [4.69, 9.17) is 9.47 Å². The molecule has 0 amide bonds. The van der Waals surface area contributed by atoms with Crippen molar-refractivity contribution in [2.45, 2.75) is 32.6 Å². The van der Waals surface area contributed by atoms with Crippen molar-refractivity contribution in [2.24, 2.45) is 0 Å². The lowest BCUT2D eigenvalue weighted by molar-refractivity contribution is -0.0345. The monoisotopic (exact) mass is 351 g/mol. The first-order chi connectivity index (χ1) is 12.7. The average molecular weight is 351 g/mol. The predicted octanol–water partition coefficient (Wildman–Crippen LogP) is 3.48. The number of aryl methyl sites for hydroxylation is 1. The van der Waals surface area contributed by atoms with Crippen molar-refractivity contribution < 1.29 is 9.47 Å². The molecule has 0 spiro atoms. The van der Waals surface area contributed by atoms with Crippen LogP contribution in [0.25, 0.3) is 22.0 Å². The molecule has 2 atom stereocenters. The second kappa shape index (κ2) is 7.48. The molecule has 0 radical (unpaired) electrons. The maximum atomic E-state index is 6.35. The Labute approximate surface area is 153 Å². The van der Waals surface area contributed by atoms with Gasteiger partial charge in [-0.25, -0.2) is 0 Å². The highest BCUT2D eigenvalue weighted by atomic mass is 16.5. The molecule has 4 rings (SSSR count). The Morgan fingerprint density at radius 1 is 1.35 bits per heavy atom. The topological polar surface area (TPSA) is 48.3 Å². The van der Waals surface area contributed by atoms with Crippen molar-refractivity contribution in [2.75, 3.05) is 19.7 Å². The number of ether oxygens (including phenoxy) is 2. The summed E-state index contributed by atoms with van der Waals surface area (Å²) in [6.45, 7) is 7.61. The summed E-state index contributed by atoms with van der Waals surface area (Å²) in [6.07, 6.45) is 6.10. The fourth-order valence-corrected chi connectivity index (χ4v) is 3.38. The number of pyridine rings is 1. The van der Waals surface area contributed by atoms with Crippen LogP contribution >= 0.6 is 0 Å². The van der Waals surface area contributed by atoms with Gasteiger partial charge in [-0.3, -0.25) is 4.98 Å². The molecule has 0 bridgehead atoms. The zero-order valence-corrected chi connectivity index (χ0v) is 15.3. The Balaban J connectivity index is 1.69. The van der Waals surface area contributed by atoms with E-state index in [1.165, 1.54) is 5.56 Å². The van der Waals surface area contributed by atoms with Crippen molar-refractivity contribution in [3.05, 3.63) is 48.9 Å². The maximum Gasteiger partial charge on any atom is 0.129 e. The lowest BCUT2D eigenvalue weighted by atomic mass is 10.1. The van der Waals surface area contributed by atoms with E-state index in [0.717, 1.165) is 48.5 Å². The van der Waals surface area contributed by atoms with Gasteiger partial charge in [0.25, 0.3) is 0 Å². The molecular weight excluding hydrogens is 326 g/mol. The second-order valence-corrected chi connectivity index (χ2v) is 6.71. The molecule has 0 saturated carbocycles. The fourth-order valence-electron chi connectivity index (χ4n) is 3.38. The van der Waals surface area contributed by atoms with Crippen molar-refractivity contribution in [1.29, 1.82) is 0 Å².